The number of carbonyl (C=O) groups is 1. The molecule has 0 fully saturated rings. The van der Waals surface area contributed by atoms with Gasteiger partial charge in [0.15, 0.2) is 0 Å². The van der Waals surface area contributed by atoms with Gasteiger partial charge in [0, 0.05) is 23.9 Å². The van der Waals surface area contributed by atoms with Crippen LogP contribution in [0.3, 0.4) is 0 Å². The number of aromatic nitrogens is 1. The van der Waals surface area contributed by atoms with Crippen LogP contribution in [0, 0.1) is 18.8 Å². The van der Waals surface area contributed by atoms with Crippen molar-refractivity contribution >= 4 is 23.2 Å². The Hall–Kier alpha value is -2.22. The third-order valence-corrected chi connectivity index (χ3v) is 3.05. The van der Waals surface area contributed by atoms with Crippen molar-refractivity contribution in [2.75, 3.05) is 11.9 Å². The zero-order valence-electron chi connectivity index (χ0n) is 11.5. The standard InChI is InChI=1S/C16H15ClN2O2/c1-11-8-14(6-5-12(11)4-2-3-7-20)19-16(21)15-9-13(17)10-18-15/h5-6,8-10,18,20H,3,7H2,1H3,(H,19,21). The number of aromatic amines is 1. The summed E-state index contributed by atoms with van der Waals surface area (Å²) in [7, 11) is 0. The van der Waals surface area contributed by atoms with Gasteiger partial charge < -0.3 is 15.4 Å². The summed E-state index contributed by atoms with van der Waals surface area (Å²) >= 11 is 5.77. The molecule has 4 nitrogen and oxygen atoms in total. The van der Waals surface area contributed by atoms with Crippen molar-refractivity contribution in [3.8, 4) is 11.8 Å². The van der Waals surface area contributed by atoms with E-state index in [9.17, 15) is 4.79 Å². The Kier molecular flexibility index (Phi) is 5.04. The number of amides is 1. The third-order valence-electron chi connectivity index (χ3n) is 2.84. The molecule has 3 N–H and O–H groups in total. The maximum absolute atomic E-state index is 12.0. The molecule has 108 valence electrons. The van der Waals surface area contributed by atoms with Crippen molar-refractivity contribution in [2.45, 2.75) is 13.3 Å². The molecule has 0 atom stereocenters. The lowest BCUT2D eigenvalue weighted by Crippen LogP contribution is -2.12. The first-order valence-corrected chi connectivity index (χ1v) is 6.83. The van der Waals surface area contributed by atoms with E-state index in [-0.39, 0.29) is 12.5 Å². The van der Waals surface area contributed by atoms with Gasteiger partial charge in [-0.3, -0.25) is 4.79 Å². The monoisotopic (exact) mass is 302 g/mol. The first kappa shape index (κ1) is 15.2. The second kappa shape index (κ2) is 6.98. The molecule has 0 spiro atoms. The predicted octanol–water partition coefficient (Wildman–Crippen LogP) is 2.96. The molecular formula is C16H15ClN2O2. The molecule has 1 aromatic carbocycles. The van der Waals surface area contributed by atoms with Crippen LogP contribution in [0.25, 0.3) is 0 Å². The van der Waals surface area contributed by atoms with Crippen LogP contribution >= 0.6 is 11.6 Å². The fraction of sp³-hybridized carbons (Fsp3) is 0.188. The van der Waals surface area contributed by atoms with Crippen LogP contribution in [-0.2, 0) is 0 Å². The fourth-order valence-electron chi connectivity index (χ4n) is 1.79. The molecule has 2 rings (SSSR count). The molecule has 0 radical (unpaired) electrons. The zero-order valence-corrected chi connectivity index (χ0v) is 12.3. The van der Waals surface area contributed by atoms with Crippen molar-refractivity contribution in [3.05, 3.63) is 52.3 Å². The first-order chi connectivity index (χ1) is 10.1. The summed E-state index contributed by atoms with van der Waals surface area (Å²) in [4.78, 5) is 14.8. The van der Waals surface area contributed by atoms with Gasteiger partial charge in [-0.05, 0) is 36.8 Å². The van der Waals surface area contributed by atoms with Crippen LogP contribution in [0.4, 0.5) is 5.69 Å². The normalized spacial score (nSPS) is 9.86. The molecule has 0 aliphatic heterocycles. The maximum Gasteiger partial charge on any atom is 0.272 e. The predicted molar refractivity (Wildman–Crippen MR) is 83.5 cm³/mol. The fourth-order valence-corrected chi connectivity index (χ4v) is 1.96. The Morgan fingerprint density at radius 3 is 2.86 bits per heavy atom. The minimum atomic E-state index is -0.250. The van der Waals surface area contributed by atoms with Crippen LogP contribution < -0.4 is 5.32 Å². The van der Waals surface area contributed by atoms with E-state index in [4.69, 9.17) is 16.7 Å². The molecule has 1 amide bonds. The summed E-state index contributed by atoms with van der Waals surface area (Å²) < 4.78 is 0. The van der Waals surface area contributed by atoms with E-state index < -0.39 is 0 Å². The highest BCUT2D eigenvalue weighted by molar-refractivity contribution is 6.31. The van der Waals surface area contributed by atoms with Crippen molar-refractivity contribution < 1.29 is 9.90 Å². The third kappa shape index (κ3) is 4.12. The Bertz CT molecular complexity index is 711. The summed E-state index contributed by atoms with van der Waals surface area (Å²) in [6.45, 7) is 1.98. The first-order valence-electron chi connectivity index (χ1n) is 6.46. The number of anilines is 1. The molecule has 0 aliphatic carbocycles. The number of carbonyl (C=O) groups excluding carboxylic acids is 1. The van der Waals surface area contributed by atoms with E-state index in [2.05, 4.69) is 22.1 Å². The summed E-state index contributed by atoms with van der Waals surface area (Å²) in [5.74, 6) is 5.61. The van der Waals surface area contributed by atoms with E-state index in [0.717, 1.165) is 11.1 Å². The number of H-pyrrole nitrogens is 1. The van der Waals surface area contributed by atoms with Crippen molar-refractivity contribution in [2.24, 2.45) is 0 Å². The molecule has 5 heteroatoms. The SMILES string of the molecule is Cc1cc(NC(=O)c2cc(Cl)c[nH]2)ccc1C#CCCO. The number of aliphatic hydroxyl groups is 1. The van der Waals surface area contributed by atoms with Gasteiger partial charge >= 0.3 is 0 Å². The number of hydrogen-bond donors (Lipinski definition) is 3. The largest absolute Gasteiger partial charge is 0.395 e. The van der Waals surface area contributed by atoms with E-state index in [1.54, 1.807) is 18.3 Å². The molecule has 1 aromatic heterocycles. The second-order valence-corrected chi connectivity index (χ2v) is 4.93. The van der Waals surface area contributed by atoms with Crippen LogP contribution in [0.1, 0.15) is 28.0 Å². The van der Waals surface area contributed by atoms with E-state index in [0.29, 0.717) is 22.8 Å². The second-order valence-electron chi connectivity index (χ2n) is 4.49. The number of aliphatic hydroxyl groups excluding tert-OH is 1. The molecule has 0 unspecified atom stereocenters. The maximum atomic E-state index is 12.0. The Morgan fingerprint density at radius 2 is 2.24 bits per heavy atom. The summed E-state index contributed by atoms with van der Waals surface area (Å²) in [6, 6.07) is 7.05. The minimum Gasteiger partial charge on any atom is -0.395 e. The molecule has 21 heavy (non-hydrogen) atoms. The Labute approximate surface area is 128 Å². The quantitative estimate of drug-likeness (QED) is 0.763. The van der Waals surface area contributed by atoms with Gasteiger partial charge in [0.2, 0.25) is 0 Å². The van der Waals surface area contributed by atoms with Gasteiger partial charge in [0.25, 0.3) is 5.91 Å². The highest BCUT2D eigenvalue weighted by atomic mass is 35.5. The van der Waals surface area contributed by atoms with Crippen LogP contribution in [0.15, 0.2) is 30.5 Å². The average molecular weight is 303 g/mol. The van der Waals surface area contributed by atoms with Gasteiger partial charge in [-0.2, -0.15) is 0 Å². The van der Waals surface area contributed by atoms with Crippen LogP contribution in [0.5, 0.6) is 0 Å². The van der Waals surface area contributed by atoms with Gasteiger partial charge in [-0.1, -0.05) is 23.4 Å². The molecular weight excluding hydrogens is 288 g/mol. The van der Waals surface area contributed by atoms with Gasteiger partial charge in [0.05, 0.1) is 11.6 Å². The zero-order chi connectivity index (χ0) is 15.2. The average Bonchev–Trinajstić information content (AvgIpc) is 2.88. The lowest BCUT2D eigenvalue weighted by Gasteiger charge is -2.06. The summed E-state index contributed by atoms with van der Waals surface area (Å²) in [5.41, 5.74) is 2.94. The molecule has 1 heterocycles. The number of hydrogen-bond acceptors (Lipinski definition) is 2. The lowest BCUT2D eigenvalue weighted by atomic mass is 10.1. The highest BCUT2D eigenvalue weighted by Crippen LogP contribution is 2.16. The number of nitrogens with one attached hydrogen (secondary N) is 2. The smallest absolute Gasteiger partial charge is 0.272 e. The summed E-state index contributed by atoms with van der Waals surface area (Å²) in [5, 5.41) is 12.0. The van der Waals surface area contributed by atoms with Gasteiger partial charge in [-0.25, -0.2) is 0 Å². The molecule has 0 aliphatic rings. The topological polar surface area (TPSA) is 65.1 Å². The van der Waals surface area contributed by atoms with Crippen LogP contribution in [-0.4, -0.2) is 22.6 Å². The van der Waals surface area contributed by atoms with Gasteiger partial charge in [-0.15, -0.1) is 0 Å². The lowest BCUT2D eigenvalue weighted by molar-refractivity contribution is 0.102. The van der Waals surface area contributed by atoms with Crippen molar-refractivity contribution in [3.63, 3.8) is 0 Å². The molecule has 0 saturated carbocycles. The minimum absolute atomic E-state index is 0.0545. The van der Waals surface area contributed by atoms with Gasteiger partial charge in [0.1, 0.15) is 5.69 Å². The van der Waals surface area contributed by atoms with Crippen LogP contribution in [0.2, 0.25) is 5.02 Å². The Balaban J connectivity index is 2.10. The summed E-state index contributed by atoms with van der Waals surface area (Å²) in [6.07, 6.45) is 2.01. The number of rotatable bonds is 3. The number of aryl methyl sites for hydroxylation is 1. The van der Waals surface area contributed by atoms with E-state index in [1.807, 2.05) is 19.1 Å². The van der Waals surface area contributed by atoms with E-state index in [1.165, 1.54) is 0 Å². The molecule has 0 saturated heterocycles. The van der Waals surface area contributed by atoms with Crippen molar-refractivity contribution in [1.82, 2.24) is 4.98 Å². The number of benzene rings is 1. The molecule has 0 bridgehead atoms. The highest BCUT2D eigenvalue weighted by Gasteiger charge is 2.08. The number of halogens is 1. The van der Waals surface area contributed by atoms with Crippen molar-refractivity contribution in [1.29, 1.82) is 0 Å². The van der Waals surface area contributed by atoms with E-state index >= 15 is 0 Å². The molecule has 2 aromatic rings. The Morgan fingerprint density at radius 1 is 1.43 bits per heavy atom.